The Kier molecular flexibility index (Phi) is 6.58. The van der Waals surface area contributed by atoms with Crippen molar-refractivity contribution in [2.75, 3.05) is 32.8 Å². The molecular weight excluding hydrogens is 426 g/mol. The maximum absolute atomic E-state index is 12.1. The van der Waals surface area contributed by atoms with Gasteiger partial charge in [0.15, 0.2) is 0 Å². The molecule has 1 aliphatic carbocycles. The van der Waals surface area contributed by atoms with E-state index < -0.39 is 23.9 Å². The highest BCUT2D eigenvalue weighted by molar-refractivity contribution is 5.87. The number of likely N-dealkylation sites (tertiary alicyclic amines) is 1. The number of alkyl carbamates (subject to hydrolysis) is 1. The molecule has 3 amide bonds. The molecule has 2 aliphatic rings. The third-order valence-electron chi connectivity index (χ3n) is 6.06. The lowest BCUT2D eigenvalue weighted by atomic mass is 9.98. The minimum Gasteiger partial charge on any atom is -0.481 e. The van der Waals surface area contributed by atoms with E-state index >= 15 is 0 Å². The van der Waals surface area contributed by atoms with Crippen LogP contribution in [-0.4, -0.2) is 66.7 Å². The maximum Gasteiger partial charge on any atom is 0.407 e. The van der Waals surface area contributed by atoms with Gasteiger partial charge in [0.25, 0.3) is 0 Å². The number of ether oxygens (including phenoxy) is 1. The van der Waals surface area contributed by atoms with Gasteiger partial charge in [-0.05, 0) is 28.7 Å². The number of carboxylic acid groups (broad SMARTS) is 1. The smallest absolute Gasteiger partial charge is 0.407 e. The summed E-state index contributed by atoms with van der Waals surface area (Å²) in [5, 5.41) is 13.8. The van der Waals surface area contributed by atoms with Gasteiger partial charge >= 0.3 is 12.1 Å². The van der Waals surface area contributed by atoms with Crippen molar-refractivity contribution in [2.45, 2.75) is 12.3 Å². The fourth-order valence-corrected chi connectivity index (χ4v) is 4.34. The highest BCUT2D eigenvalue weighted by atomic mass is 16.5. The van der Waals surface area contributed by atoms with Crippen molar-refractivity contribution in [2.24, 2.45) is 5.92 Å². The summed E-state index contributed by atoms with van der Waals surface area (Å²) < 4.78 is 5.37. The number of carbonyl (C=O) groups is 4. The summed E-state index contributed by atoms with van der Waals surface area (Å²) in [6.07, 6.45) is -0.319. The number of nitrogens with zero attached hydrogens (tertiary/aromatic N) is 1. The lowest BCUT2D eigenvalue weighted by Crippen LogP contribution is -2.43. The Morgan fingerprint density at radius 2 is 1.58 bits per heavy atom. The van der Waals surface area contributed by atoms with Crippen LogP contribution in [0.5, 0.6) is 0 Å². The van der Waals surface area contributed by atoms with Crippen molar-refractivity contribution in [1.29, 1.82) is 0 Å². The Bertz CT molecular complexity index is 1040. The van der Waals surface area contributed by atoms with Gasteiger partial charge in [0.1, 0.15) is 13.2 Å². The van der Waals surface area contributed by atoms with Crippen LogP contribution in [0.2, 0.25) is 0 Å². The lowest BCUT2D eigenvalue weighted by molar-refractivity contribution is -0.141. The van der Waals surface area contributed by atoms with E-state index in [1.165, 1.54) is 4.90 Å². The first-order valence-corrected chi connectivity index (χ1v) is 10.8. The van der Waals surface area contributed by atoms with E-state index in [1.54, 1.807) is 0 Å². The van der Waals surface area contributed by atoms with E-state index in [1.807, 2.05) is 48.5 Å². The van der Waals surface area contributed by atoms with Gasteiger partial charge in [-0.25, -0.2) is 4.79 Å². The van der Waals surface area contributed by atoms with E-state index in [0.717, 1.165) is 22.3 Å². The number of amides is 3. The largest absolute Gasteiger partial charge is 0.481 e. The van der Waals surface area contributed by atoms with Gasteiger partial charge in [-0.2, -0.15) is 0 Å². The molecule has 1 atom stereocenters. The summed E-state index contributed by atoms with van der Waals surface area (Å²) in [7, 11) is 0. The van der Waals surface area contributed by atoms with E-state index in [9.17, 15) is 19.2 Å². The van der Waals surface area contributed by atoms with Crippen LogP contribution >= 0.6 is 0 Å². The molecule has 9 heteroatoms. The zero-order valence-electron chi connectivity index (χ0n) is 18.0. The van der Waals surface area contributed by atoms with Gasteiger partial charge < -0.3 is 25.4 Å². The van der Waals surface area contributed by atoms with Crippen molar-refractivity contribution in [3.8, 4) is 11.1 Å². The number of benzene rings is 2. The molecular formula is C24H25N3O6. The fraction of sp³-hybridized carbons (Fsp3) is 0.333. The molecule has 2 aromatic carbocycles. The first-order chi connectivity index (χ1) is 15.9. The second kappa shape index (κ2) is 9.72. The van der Waals surface area contributed by atoms with Crippen LogP contribution < -0.4 is 10.6 Å². The molecule has 3 N–H and O–H groups in total. The monoisotopic (exact) mass is 451 g/mol. The fourth-order valence-electron chi connectivity index (χ4n) is 4.34. The normalized spacial score (nSPS) is 16.6. The summed E-state index contributed by atoms with van der Waals surface area (Å²) >= 11 is 0. The molecule has 0 saturated carbocycles. The molecule has 0 bridgehead atoms. The Morgan fingerprint density at radius 3 is 2.18 bits per heavy atom. The molecule has 9 nitrogen and oxygen atoms in total. The highest BCUT2D eigenvalue weighted by Gasteiger charge is 2.31. The van der Waals surface area contributed by atoms with E-state index in [4.69, 9.17) is 9.84 Å². The molecule has 0 aromatic heterocycles. The van der Waals surface area contributed by atoms with Crippen molar-refractivity contribution in [3.05, 3.63) is 59.7 Å². The molecule has 1 heterocycles. The Balaban J connectivity index is 1.21. The molecule has 172 valence electrons. The molecule has 2 aromatic rings. The molecule has 1 saturated heterocycles. The predicted molar refractivity (Wildman–Crippen MR) is 118 cm³/mol. The van der Waals surface area contributed by atoms with Crippen LogP contribution in [0.1, 0.15) is 23.5 Å². The third-order valence-corrected chi connectivity index (χ3v) is 6.06. The number of fused-ring (bicyclic) bond motifs is 3. The molecule has 33 heavy (non-hydrogen) atoms. The Morgan fingerprint density at radius 1 is 0.939 bits per heavy atom. The third kappa shape index (κ3) is 4.97. The second-order valence-electron chi connectivity index (χ2n) is 8.12. The van der Waals surface area contributed by atoms with E-state index in [0.29, 0.717) is 13.0 Å². The lowest BCUT2D eigenvalue weighted by Gasteiger charge is -2.16. The van der Waals surface area contributed by atoms with Gasteiger partial charge in [-0.1, -0.05) is 48.5 Å². The minimum absolute atomic E-state index is 0.0790. The van der Waals surface area contributed by atoms with Gasteiger partial charge in [0.2, 0.25) is 11.8 Å². The van der Waals surface area contributed by atoms with Crippen LogP contribution in [-0.2, 0) is 19.1 Å². The predicted octanol–water partition coefficient (Wildman–Crippen LogP) is 1.57. The molecule has 1 fully saturated rings. The van der Waals surface area contributed by atoms with Crippen LogP contribution in [0.25, 0.3) is 11.1 Å². The number of rotatable bonds is 7. The maximum atomic E-state index is 12.1. The van der Waals surface area contributed by atoms with Crippen LogP contribution in [0, 0.1) is 5.92 Å². The van der Waals surface area contributed by atoms with Gasteiger partial charge in [0.05, 0.1) is 12.5 Å². The molecule has 0 radical (unpaired) electrons. The molecule has 0 spiro atoms. The highest BCUT2D eigenvalue weighted by Crippen LogP contribution is 2.44. The minimum atomic E-state index is -0.929. The quantitative estimate of drug-likeness (QED) is 0.587. The van der Waals surface area contributed by atoms with E-state index in [2.05, 4.69) is 10.6 Å². The summed E-state index contributed by atoms with van der Waals surface area (Å²) in [6.45, 7) is 0.0463. The standard InChI is InChI=1S/C24H25N3O6/c28-21(25-12-22(29)27-10-9-15(13-27)23(30)31)11-26-24(32)33-14-20-18-7-3-1-5-16(18)17-6-2-4-8-19(17)20/h1-8,15,20H,9-14H2,(H,25,28)(H,26,32)(H,30,31). The van der Waals surface area contributed by atoms with Crippen molar-refractivity contribution >= 4 is 23.9 Å². The van der Waals surface area contributed by atoms with Crippen LogP contribution in [0.4, 0.5) is 4.79 Å². The zero-order chi connectivity index (χ0) is 23.4. The Hall–Kier alpha value is -3.88. The first-order valence-electron chi connectivity index (χ1n) is 10.8. The number of hydrogen-bond donors (Lipinski definition) is 3. The molecule has 4 rings (SSSR count). The number of hydrogen-bond acceptors (Lipinski definition) is 5. The summed E-state index contributed by atoms with van der Waals surface area (Å²) in [4.78, 5) is 48.6. The van der Waals surface area contributed by atoms with Crippen LogP contribution in [0.15, 0.2) is 48.5 Å². The molecule has 1 aliphatic heterocycles. The summed E-state index contributed by atoms with van der Waals surface area (Å²) in [5.41, 5.74) is 4.43. The van der Waals surface area contributed by atoms with Crippen molar-refractivity contribution in [1.82, 2.24) is 15.5 Å². The van der Waals surface area contributed by atoms with E-state index in [-0.39, 0.29) is 38.1 Å². The first kappa shape index (κ1) is 22.3. The van der Waals surface area contributed by atoms with Gasteiger partial charge in [0, 0.05) is 19.0 Å². The second-order valence-corrected chi connectivity index (χ2v) is 8.12. The average Bonchev–Trinajstić information content (AvgIpc) is 3.44. The Labute approximate surface area is 190 Å². The summed E-state index contributed by atoms with van der Waals surface area (Å²) in [5.74, 6) is -2.47. The van der Waals surface area contributed by atoms with Crippen molar-refractivity contribution < 1.29 is 29.0 Å². The number of aliphatic carboxylic acids is 1. The zero-order valence-corrected chi connectivity index (χ0v) is 18.0. The van der Waals surface area contributed by atoms with Gasteiger partial charge in [-0.3, -0.25) is 14.4 Å². The number of carbonyl (C=O) groups excluding carboxylic acids is 3. The molecule has 1 unspecified atom stereocenters. The van der Waals surface area contributed by atoms with Gasteiger partial charge in [-0.15, -0.1) is 0 Å². The topological polar surface area (TPSA) is 125 Å². The average molecular weight is 451 g/mol. The van der Waals surface area contributed by atoms with Crippen LogP contribution in [0.3, 0.4) is 0 Å². The number of nitrogens with one attached hydrogen (secondary N) is 2. The van der Waals surface area contributed by atoms with Crippen molar-refractivity contribution in [3.63, 3.8) is 0 Å². The SMILES string of the molecule is O=C(CNC(=O)OCC1c2ccccc2-c2ccccc21)NCC(=O)N1CCC(C(=O)O)C1. The summed E-state index contributed by atoms with van der Waals surface area (Å²) in [6, 6.07) is 16.0. The number of carboxylic acids is 1.